The maximum atomic E-state index is 12.4. The zero-order valence-corrected chi connectivity index (χ0v) is 16.5. The van der Waals surface area contributed by atoms with Crippen molar-refractivity contribution in [1.29, 1.82) is 0 Å². The molecule has 1 amide bonds. The molecule has 0 radical (unpaired) electrons. The maximum absolute atomic E-state index is 12.4. The molecule has 0 bridgehead atoms. The highest BCUT2D eigenvalue weighted by atomic mass is 32.2. The molecular weight excluding hydrogens is 364 g/mol. The third kappa shape index (κ3) is 4.74. The summed E-state index contributed by atoms with van der Waals surface area (Å²) in [5.41, 5.74) is 1.20. The Morgan fingerprint density at radius 3 is 2.73 bits per heavy atom. The average molecular weight is 387 g/mol. The van der Waals surface area contributed by atoms with Crippen LogP contribution in [0.3, 0.4) is 0 Å². The van der Waals surface area contributed by atoms with Crippen molar-refractivity contribution in [2.24, 2.45) is 0 Å². The Hall–Kier alpha value is -2.12. The number of benzene rings is 1. The molecule has 0 saturated heterocycles. The molecule has 26 heavy (non-hydrogen) atoms. The van der Waals surface area contributed by atoms with Gasteiger partial charge in [-0.05, 0) is 30.9 Å². The predicted octanol–water partition coefficient (Wildman–Crippen LogP) is 3.75. The van der Waals surface area contributed by atoms with Gasteiger partial charge < -0.3 is 9.88 Å². The van der Waals surface area contributed by atoms with Crippen molar-refractivity contribution in [3.63, 3.8) is 0 Å². The summed E-state index contributed by atoms with van der Waals surface area (Å²) in [4.78, 5) is 13.5. The smallest absolute Gasteiger partial charge is 0.233 e. The number of thioether (sulfide) groups is 1. The second kappa shape index (κ2) is 9.00. The molecule has 3 rings (SSSR count). The molecule has 0 aliphatic rings. The lowest BCUT2D eigenvalue weighted by molar-refractivity contribution is -0.120. The molecule has 136 valence electrons. The fourth-order valence-electron chi connectivity index (χ4n) is 2.58. The first-order chi connectivity index (χ1) is 12.7. The second-order valence-electron chi connectivity index (χ2n) is 5.86. The van der Waals surface area contributed by atoms with Gasteiger partial charge in [0.1, 0.15) is 5.82 Å². The molecule has 3 aromatic rings. The van der Waals surface area contributed by atoms with Crippen LogP contribution in [-0.4, -0.2) is 25.9 Å². The van der Waals surface area contributed by atoms with Gasteiger partial charge in [0.25, 0.3) is 0 Å². The Labute approximate surface area is 161 Å². The average Bonchev–Trinajstić information content (AvgIpc) is 3.30. The van der Waals surface area contributed by atoms with Crippen LogP contribution in [0.2, 0.25) is 0 Å². The number of amides is 1. The standard InChI is InChI=1S/C19H22N4OS2/c1-3-23-17(12-15-8-5-4-6-9-15)21-22-19(23)26-14(2)18(24)20-13-16-10-7-11-25-16/h4-11,14H,3,12-13H2,1-2H3,(H,20,24)/t14-/m0/s1. The molecule has 1 aromatic carbocycles. The predicted molar refractivity (Wildman–Crippen MR) is 106 cm³/mol. The van der Waals surface area contributed by atoms with Gasteiger partial charge in [0.05, 0.1) is 11.8 Å². The summed E-state index contributed by atoms with van der Waals surface area (Å²) in [5, 5.41) is 14.2. The van der Waals surface area contributed by atoms with Crippen LogP contribution in [0, 0.1) is 0 Å². The largest absolute Gasteiger partial charge is 0.350 e. The Kier molecular flexibility index (Phi) is 6.46. The Morgan fingerprint density at radius 1 is 1.23 bits per heavy atom. The summed E-state index contributed by atoms with van der Waals surface area (Å²) in [6.45, 7) is 5.32. The number of thiophene rings is 1. The number of hydrogen-bond acceptors (Lipinski definition) is 5. The minimum Gasteiger partial charge on any atom is -0.350 e. The van der Waals surface area contributed by atoms with E-state index in [4.69, 9.17) is 0 Å². The van der Waals surface area contributed by atoms with E-state index in [9.17, 15) is 4.79 Å². The SMILES string of the molecule is CCn1c(Cc2ccccc2)nnc1S[C@@H](C)C(=O)NCc1cccs1. The van der Waals surface area contributed by atoms with E-state index in [0.717, 1.165) is 28.8 Å². The van der Waals surface area contributed by atoms with Crippen LogP contribution in [0.15, 0.2) is 53.0 Å². The van der Waals surface area contributed by atoms with Gasteiger partial charge in [-0.1, -0.05) is 48.2 Å². The van der Waals surface area contributed by atoms with Gasteiger partial charge in [-0.15, -0.1) is 21.5 Å². The number of nitrogens with one attached hydrogen (secondary N) is 1. The normalized spacial score (nSPS) is 12.1. The molecule has 2 heterocycles. The number of aromatic nitrogens is 3. The highest BCUT2D eigenvalue weighted by Gasteiger charge is 2.19. The van der Waals surface area contributed by atoms with Crippen LogP contribution in [0.4, 0.5) is 0 Å². The van der Waals surface area contributed by atoms with Gasteiger partial charge in [-0.25, -0.2) is 0 Å². The van der Waals surface area contributed by atoms with E-state index in [1.165, 1.54) is 17.3 Å². The van der Waals surface area contributed by atoms with E-state index in [1.54, 1.807) is 11.3 Å². The van der Waals surface area contributed by atoms with Crippen LogP contribution in [0.1, 0.15) is 30.1 Å². The monoisotopic (exact) mass is 386 g/mol. The summed E-state index contributed by atoms with van der Waals surface area (Å²) in [6.07, 6.45) is 0.737. The van der Waals surface area contributed by atoms with Crippen molar-refractivity contribution in [2.75, 3.05) is 0 Å². The van der Waals surface area contributed by atoms with Crippen LogP contribution in [-0.2, 0) is 24.3 Å². The molecule has 1 N–H and O–H groups in total. The lowest BCUT2D eigenvalue weighted by atomic mass is 10.1. The van der Waals surface area contributed by atoms with Crippen LogP contribution in [0.5, 0.6) is 0 Å². The van der Waals surface area contributed by atoms with Crippen LogP contribution < -0.4 is 5.32 Å². The van der Waals surface area contributed by atoms with E-state index in [-0.39, 0.29) is 11.2 Å². The lowest BCUT2D eigenvalue weighted by Gasteiger charge is -2.12. The topological polar surface area (TPSA) is 59.8 Å². The van der Waals surface area contributed by atoms with E-state index in [1.807, 2.05) is 42.6 Å². The lowest BCUT2D eigenvalue weighted by Crippen LogP contribution is -2.30. The van der Waals surface area contributed by atoms with Gasteiger partial charge >= 0.3 is 0 Å². The molecule has 0 fully saturated rings. The molecule has 0 aliphatic carbocycles. The third-order valence-corrected chi connectivity index (χ3v) is 5.94. The maximum Gasteiger partial charge on any atom is 0.233 e. The molecule has 0 aliphatic heterocycles. The fourth-order valence-corrected chi connectivity index (χ4v) is 4.18. The number of nitrogens with zero attached hydrogens (tertiary/aromatic N) is 3. The third-order valence-electron chi connectivity index (χ3n) is 3.98. The minimum absolute atomic E-state index is 0.0127. The molecule has 1 atom stereocenters. The van der Waals surface area contributed by atoms with Crippen molar-refractivity contribution in [1.82, 2.24) is 20.1 Å². The van der Waals surface area contributed by atoms with E-state index < -0.39 is 0 Å². The van der Waals surface area contributed by atoms with Gasteiger partial charge in [0.2, 0.25) is 5.91 Å². The van der Waals surface area contributed by atoms with Gasteiger partial charge in [-0.3, -0.25) is 4.79 Å². The zero-order chi connectivity index (χ0) is 18.4. The quantitative estimate of drug-likeness (QED) is 0.599. The van der Waals surface area contributed by atoms with Crippen molar-refractivity contribution in [3.8, 4) is 0 Å². The van der Waals surface area contributed by atoms with Crippen LogP contribution in [0.25, 0.3) is 0 Å². The zero-order valence-electron chi connectivity index (χ0n) is 14.9. The summed E-state index contributed by atoms with van der Waals surface area (Å²) < 4.78 is 2.08. The fraction of sp³-hybridized carbons (Fsp3) is 0.316. The molecular formula is C19H22N4OS2. The van der Waals surface area contributed by atoms with E-state index in [0.29, 0.717) is 6.54 Å². The van der Waals surface area contributed by atoms with Crippen molar-refractivity contribution < 1.29 is 4.79 Å². The number of hydrogen-bond donors (Lipinski definition) is 1. The Bertz CT molecular complexity index is 831. The molecule has 5 nitrogen and oxygen atoms in total. The summed E-state index contributed by atoms with van der Waals surface area (Å²) >= 11 is 3.10. The van der Waals surface area contributed by atoms with Crippen molar-refractivity contribution >= 4 is 29.0 Å². The molecule has 0 spiro atoms. The molecule has 0 unspecified atom stereocenters. The molecule has 7 heteroatoms. The Balaban J connectivity index is 1.62. The van der Waals surface area contributed by atoms with Gasteiger partial charge in [0.15, 0.2) is 5.16 Å². The first-order valence-corrected chi connectivity index (χ1v) is 10.4. The first kappa shape index (κ1) is 18.7. The van der Waals surface area contributed by atoms with Crippen molar-refractivity contribution in [2.45, 2.75) is 43.8 Å². The summed E-state index contributed by atoms with van der Waals surface area (Å²) in [6, 6.07) is 14.2. The number of rotatable bonds is 8. The molecule has 0 saturated carbocycles. The first-order valence-electron chi connectivity index (χ1n) is 8.60. The Morgan fingerprint density at radius 2 is 2.04 bits per heavy atom. The van der Waals surface area contributed by atoms with Gasteiger partial charge in [-0.2, -0.15) is 0 Å². The summed E-state index contributed by atoms with van der Waals surface area (Å²) in [7, 11) is 0. The van der Waals surface area contributed by atoms with Crippen LogP contribution >= 0.6 is 23.1 Å². The minimum atomic E-state index is -0.228. The second-order valence-corrected chi connectivity index (χ2v) is 8.20. The highest BCUT2D eigenvalue weighted by molar-refractivity contribution is 8.00. The highest BCUT2D eigenvalue weighted by Crippen LogP contribution is 2.23. The van der Waals surface area contributed by atoms with E-state index in [2.05, 4.69) is 39.1 Å². The summed E-state index contributed by atoms with van der Waals surface area (Å²) in [5.74, 6) is 0.936. The molecule has 2 aromatic heterocycles. The van der Waals surface area contributed by atoms with E-state index >= 15 is 0 Å². The van der Waals surface area contributed by atoms with Crippen molar-refractivity contribution in [3.05, 3.63) is 64.1 Å². The number of carbonyl (C=O) groups excluding carboxylic acids is 1. The van der Waals surface area contributed by atoms with Gasteiger partial charge in [0, 0.05) is 17.8 Å². The number of carbonyl (C=O) groups is 1.